The Bertz CT molecular complexity index is 781. The quantitative estimate of drug-likeness (QED) is 0.677. The number of ether oxygens (including phenoxy) is 2. The van der Waals surface area contributed by atoms with E-state index in [2.05, 4.69) is 4.90 Å². The lowest BCUT2D eigenvalue weighted by Gasteiger charge is -2.38. The third kappa shape index (κ3) is 5.48. The van der Waals surface area contributed by atoms with Crippen LogP contribution < -0.4 is 4.74 Å². The maximum absolute atomic E-state index is 12.9. The minimum absolute atomic E-state index is 0.0458. The molecule has 2 aliphatic heterocycles. The molecule has 0 radical (unpaired) electrons. The van der Waals surface area contributed by atoms with E-state index in [1.807, 2.05) is 20.8 Å². The highest BCUT2D eigenvalue weighted by molar-refractivity contribution is 7.89. The second-order valence-corrected chi connectivity index (χ2v) is 9.58. The molecule has 29 heavy (non-hydrogen) atoms. The van der Waals surface area contributed by atoms with Gasteiger partial charge in [0.25, 0.3) is 0 Å². The molecule has 0 unspecified atom stereocenters. The fourth-order valence-electron chi connectivity index (χ4n) is 3.91. The summed E-state index contributed by atoms with van der Waals surface area (Å²) in [5, 5.41) is 0. The van der Waals surface area contributed by atoms with Crippen LogP contribution in [-0.2, 0) is 19.6 Å². The van der Waals surface area contributed by atoms with Crippen molar-refractivity contribution in [2.45, 2.75) is 37.9 Å². The molecule has 162 valence electrons. The van der Waals surface area contributed by atoms with Gasteiger partial charge in [0.1, 0.15) is 5.75 Å². The van der Waals surface area contributed by atoms with Crippen LogP contribution in [0.3, 0.4) is 0 Å². The van der Waals surface area contributed by atoms with Crippen molar-refractivity contribution in [1.82, 2.24) is 14.1 Å². The molecule has 8 nitrogen and oxygen atoms in total. The SMILES string of the molecule is CCOc1ccc(S(=O)(=O)N2CCN(C(=O)CN3C[C@H](C)O[C@@H](C)C3)CC2)cc1. The van der Waals surface area contributed by atoms with Crippen LogP contribution in [0.5, 0.6) is 5.75 Å². The molecule has 0 bridgehead atoms. The first-order chi connectivity index (χ1) is 13.8. The summed E-state index contributed by atoms with van der Waals surface area (Å²) in [7, 11) is -3.57. The molecule has 1 aromatic rings. The molecule has 3 rings (SSSR count). The van der Waals surface area contributed by atoms with E-state index in [0.29, 0.717) is 45.1 Å². The number of nitrogens with zero attached hydrogens (tertiary/aromatic N) is 3. The van der Waals surface area contributed by atoms with Crippen molar-refractivity contribution >= 4 is 15.9 Å². The van der Waals surface area contributed by atoms with Gasteiger partial charge < -0.3 is 14.4 Å². The molecule has 0 aromatic heterocycles. The summed E-state index contributed by atoms with van der Waals surface area (Å²) < 4.78 is 38.3. The number of hydrogen-bond donors (Lipinski definition) is 0. The summed E-state index contributed by atoms with van der Waals surface area (Å²) in [6.45, 7) is 9.68. The predicted octanol–water partition coefficient (Wildman–Crippen LogP) is 1.03. The number of sulfonamides is 1. The molecule has 9 heteroatoms. The molecule has 1 aromatic carbocycles. The van der Waals surface area contributed by atoms with Crippen molar-refractivity contribution in [2.24, 2.45) is 0 Å². The van der Waals surface area contributed by atoms with E-state index in [1.165, 1.54) is 4.31 Å². The molecule has 2 atom stereocenters. The van der Waals surface area contributed by atoms with Gasteiger partial charge in [-0.15, -0.1) is 0 Å². The van der Waals surface area contributed by atoms with Gasteiger partial charge in [0.15, 0.2) is 0 Å². The molecule has 0 aliphatic carbocycles. The van der Waals surface area contributed by atoms with Gasteiger partial charge in [-0.3, -0.25) is 9.69 Å². The summed E-state index contributed by atoms with van der Waals surface area (Å²) in [4.78, 5) is 16.8. The molecular formula is C20H31N3O5S. The Morgan fingerprint density at radius 3 is 2.21 bits per heavy atom. The van der Waals surface area contributed by atoms with Crippen LogP contribution in [0.4, 0.5) is 0 Å². The maximum atomic E-state index is 12.9. The fraction of sp³-hybridized carbons (Fsp3) is 0.650. The van der Waals surface area contributed by atoms with Gasteiger partial charge in [0.2, 0.25) is 15.9 Å². The second kappa shape index (κ2) is 9.42. The first kappa shape index (κ1) is 22.0. The Kier molecular flexibility index (Phi) is 7.15. The zero-order chi connectivity index (χ0) is 21.0. The lowest BCUT2D eigenvalue weighted by atomic mass is 10.2. The molecular weight excluding hydrogens is 394 g/mol. The summed E-state index contributed by atoms with van der Waals surface area (Å²) in [5.41, 5.74) is 0. The van der Waals surface area contributed by atoms with Gasteiger partial charge in [-0.1, -0.05) is 0 Å². The first-order valence-corrected chi connectivity index (χ1v) is 11.6. The van der Waals surface area contributed by atoms with Crippen LogP contribution >= 0.6 is 0 Å². The predicted molar refractivity (Wildman–Crippen MR) is 109 cm³/mol. The van der Waals surface area contributed by atoms with E-state index < -0.39 is 10.0 Å². The van der Waals surface area contributed by atoms with E-state index in [0.717, 1.165) is 13.1 Å². The average molecular weight is 426 g/mol. The van der Waals surface area contributed by atoms with Gasteiger partial charge in [-0.05, 0) is 45.0 Å². The Balaban J connectivity index is 1.54. The Morgan fingerprint density at radius 1 is 1.07 bits per heavy atom. The number of hydrogen-bond acceptors (Lipinski definition) is 6. The number of benzene rings is 1. The third-order valence-corrected chi connectivity index (χ3v) is 7.13. The number of morpholine rings is 1. The van der Waals surface area contributed by atoms with Crippen LogP contribution in [0, 0.1) is 0 Å². The normalized spacial score (nSPS) is 24.4. The zero-order valence-electron chi connectivity index (χ0n) is 17.4. The molecule has 0 saturated carbocycles. The highest BCUT2D eigenvalue weighted by Gasteiger charge is 2.31. The highest BCUT2D eigenvalue weighted by atomic mass is 32.2. The Hall–Kier alpha value is -1.68. The minimum atomic E-state index is -3.57. The van der Waals surface area contributed by atoms with Crippen molar-refractivity contribution in [3.05, 3.63) is 24.3 Å². The van der Waals surface area contributed by atoms with Gasteiger partial charge >= 0.3 is 0 Å². The smallest absolute Gasteiger partial charge is 0.243 e. The number of carbonyl (C=O) groups excluding carboxylic acids is 1. The largest absolute Gasteiger partial charge is 0.494 e. The fourth-order valence-corrected chi connectivity index (χ4v) is 5.33. The molecule has 1 amide bonds. The topological polar surface area (TPSA) is 79.4 Å². The standard InChI is InChI=1S/C20H31N3O5S/c1-4-27-18-5-7-19(8-6-18)29(25,26)23-11-9-22(10-12-23)20(24)15-21-13-16(2)28-17(3)14-21/h5-8,16-17H,4,9-15H2,1-3H3/t16-,17-/m0/s1. The first-order valence-electron chi connectivity index (χ1n) is 10.2. The van der Waals surface area contributed by atoms with Crippen LogP contribution in [0.25, 0.3) is 0 Å². The number of rotatable bonds is 6. The maximum Gasteiger partial charge on any atom is 0.243 e. The van der Waals surface area contributed by atoms with E-state index in [1.54, 1.807) is 29.2 Å². The van der Waals surface area contributed by atoms with Crippen molar-refractivity contribution in [2.75, 3.05) is 52.4 Å². The second-order valence-electron chi connectivity index (χ2n) is 7.64. The van der Waals surface area contributed by atoms with Gasteiger partial charge in [0, 0.05) is 39.3 Å². The van der Waals surface area contributed by atoms with E-state index >= 15 is 0 Å². The van der Waals surface area contributed by atoms with Crippen molar-refractivity contribution < 1.29 is 22.7 Å². The molecule has 2 saturated heterocycles. The molecule has 2 heterocycles. The summed E-state index contributed by atoms with van der Waals surface area (Å²) in [6.07, 6.45) is 0.227. The Morgan fingerprint density at radius 2 is 1.66 bits per heavy atom. The zero-order valence-corrected chi connectivity index (χ0v) is 18.2. The lowest BCUT2D eigenvalue weighted by Crippen LogP contribution is -2.54. The lowest BCUT2D eigenvalue weighted by molar-refractivity contribution is -0.137. The van der Waals surface area contributed by atoms with Crippen molar-refractivity contribution in [3.8, 4) is 5.75 Å². The number of piperazine rings is 1. The van der Waals surface area contributed by atoms with Crippen LogP contribution in [0.2, 0.25) is 0 Å². The van der Waals surface area contributed by atoms with Gasteiger partial charge in [-0.25, -0.2) is 8.42 Å². The number of carbonyl (C=O) groups is 1. The average Bonchev–Trinajstić information content (AvgIpc) is 2.68. The monoisotopic (exact) mass is 425 g/mol. The highest BCUT2D eigenvalue weighted by Crippen LogP contribution is 2.21. The molecule has 2 aliphatic rings. The van der Waals surface area contributed by atoms with Crippen molar-refractivity contribution in [1.29, 1.82) is 0 Å². The van der Waals surface area contributed by atoms with Crippen molar-refractivity contribution in [3.63, 3.8) is 0 Å². The summed E-state index contributed by atoms with van der Waals surface area (Å²) >= 11 is 0. The van der Waals surface area contributed by atoms with Gasteiger partial charge in [-0.2, -0.15) is 4.31 Å². The molecule has 2 fully saturated rings. The van der Waals surface area contributed by atoms with Crippen LogP contribution in [0.1, 0.15) is 20.8 Å². The minimum Gasteiger partial charge on any atom is -0.494 e. The third-order valence-electron chi connectivity index (χ3n) is 5.22. The Labute approximate surface area is 173 Å². The van der Waals surface area contributed by atoms with Gasteiger partial charge in [0.05, 0.1) is 30.3 Å². The summed E-state index contributed by atoms with van der Waals surface area (Å²) in [5.74, 6) is 0.693. The van der Waals surface area contributed by atoms with E-state index in [4.69, 9.17) is 9.47 Å². The van der Waals surface area contributed by atoms with Crippen LogP contribution in [-0.4, -0.2) is 93.1 Å². The molecule has 0 spiro atoms. The summed E-state index contributed by atoms with van der Waals surface area (Å²) in [6, 6.07) is 6.47. The van der Waals surface area contributed by atoms with Crippen LogP contribution in [0.15, 0.2) is 29.2 Å². The van der Waals surface area contributed by atoms with E-state index in [-0.39, 0.29) is 23.0 Å². The number of amides is 1. The molecule has 0 N–H and O–H groups in total. The van der Waals surface area contributed by atoms with E-state index in [9.17, 15) is 13.2 Å².